The smallest absolute Gasteiger partial charge is 0.376 e. The third-order valence-electron chi connectivity index (χ3n) is 8.09. The molecule has 0 bridgehead atoms. The molecular weight excluding hydrogens is 796 g/mol. The van der Waals surface area contributed by atoms with E-state index in [0.29, 0.717) is 27.8 Å². The predicted octanol–water partition coefficient (Wildman–Crippen LogP) is 8.05. The van der Waals surface area contributed by atoms with E-state index in [9.17, 15) is 64.8 Å². The van der Waals surface area contributed by atoms with Crippen molar-refractivity contribution in [2.45, 2.75) is 48.1 Å². The molecule has 53 heavy (non-hydrogen) atoms. The van der Waals surface area contributed by atoms with Gasteiger partial charge in [-0.1, -0.05) is 74.5 Å². The molecule has 4 rings (SSSR count). The second-order valence-corrected chi connectivity index (χ2v) is 16.5. The van der Waals surface area contributed by atoms with Crippen LogP contribution in [0.3, 0.4) is 0 Å². The Morgan fingerprint density at radius 2 is 0.547 bits per heavy atom. The molecule has 0 atom stereocenters. The molecule has 0 aliphatic rings. The zero-order chi connectivity index (χ0) is 40.1. The molecule has 0 saturated carbocycles. The fourth-order valence-corrected chi connectivity index (χ4v) is 6.40. The lowest BCUT2D eigenvalue weighted by atomic mass is 9.70. The van der Waals surface area contributed by atoms with Crippen molar-refractivity contribution in [2.75, 3.05) is 0 Å². The van der Waals surface area contributed by atoms with Crippen molar-refractivity contribution in [1.29, 1.82) is 0 Å². The monoisotopic (exact) mass is 820 g/mol. The van der Waals surface area contributed by atoms with Gasteiger partial charge in [-0.3, -0.25) is 0 Å². The number of halogens is 9. The number of rotatable bonds is 11. The van der Waals surface area contributed by atoms with E-state index in [1.165, 1.54) is 36.4 Å². The van der Waals surface area contributed by atoms with E-state index in [2.05, 4.69) is 12.5 Å². The summed E-state index contributed by atoms with van der Waals surface area (Å²) in [5, 5.41) is 0. The van der Waals surface area contributed by atoms with Crippen molar-refractivity contribution in [3.63, 3.8) is 0 Å². The largest absolute Gasteiger partial charge is 0.534 e. The van der Waals surface area contributed by atoms with Crippen molar-refractivity contribution in [3.8, 4) is 17.2 Å². The summed E-state index contributed by atoms with van der Waals surface area (Å²) in [6.45, 7) is 5.08. The Bertz CT molecular complexity index is 2180. The summed E-state index contributed by atoms with van der Waals surface area (Å²) in [5.74, 6) is -1.98. The van der Waals surface area contributed by atoms with Gasteiger partial charge < -0.3 is 12.5 Å². The molecule has 0 radical (unpaired) electrons. The second-order valence-electron chi connectivity index (χ2n) is 11.9. The van der Waals surface area contributed by atoms with Crippen LogP contribution in [0.25, 0.3) is 0 Å². The van der Waals surface area contributed by atoms with Gasteiger partial charge in [0.2, 0.25) is 0 Å². The maximum absolute atomic E-state index is 12.9. The molecule has 0 amide bonds. The second kappa shape index (κ2) is 13.7. The van der Waals surface area contributed by atoms with Crippen LogP contribution >= 0.6 is 0 Å². The fourth-order valence-electron chi connectivity index (χ4n) is 5.02. The molecule has 0 fully saturated rings. The van der Waals surface area contributed by atoms with E-state index in [1.54, 1.807) is 45.0 Å². The molecule has 4 aromatic rings. The van der Waals surface area contributed by atoms with Crippen LogP contribution in [0.5, 0.6) is 17.2 Å². The first-order chi connectivity index (χ1) is 24.0. The minimum atomic E-state index is -6.01. The van der Waals surface area contributed by atoms with E-state index in [4.69, 9.17) is 0 Å². The normalized spacial score (nSPS) is 13.7. The molecule has 0 aliphatic carbocycles. The highest BCUT2D eigenvalue weighted by atomic mass is 32.2. The molecule has 0 N–H and O–H groups in total. The molecule has 21 heteroatoms. The summed E-state index contributed by atoms with van der Waals surface area (Å²) < 4.78 is 197. The van der Waals surface area contributed by atoms with Crippen molar-refractivity contribution < 1.29 is 77.3 Å². The molecule has 288 valence electrons. The van der Waals surface area contributed by atoms with Gasteiger partial charge in [-0.25, -0.2) is 0 Å². The van der Waals surface area contributed by atoms with Gasteiger partial charge in [0.1, 0.15) is 17.2 Å². The lowest BCUT2D eigenvalue weighted by molar-refractivity contribution is -0.0504. The molecule has 0 saturated heterocycles. The first-order valence-electron chi connectivity index (χ1n) is 14.5. The zero-order valence-corrected chi connectivity index (χ0v) is 29.5. The van der Waals surface area contributed by atoms with Gasteiger partial charge in [0.05, 0.1) is 0 Å². The fraction of sp³-hybridized carbons (Fsp3) is 0.250. The Morgan fingerprint density at radius 3 is 0.774 bits per heavy atom. The van der Waals surface area contributed by atoms with Crippen LogP contribution in [0.4, 0.5) is 39.5 Å². The topological polar surface area (TPSA) is 130 Å². The highest BCUT2D eigenvalue weighted by Crippen LogP contribution is 2.42. The SMILES string of the molecule is CC(C)(c1ccc(OS(=O)(=O)C(F)(F)F)cc1)c1ccc(C(C)(c2ccc(OS(=O)(=O)C(F)(F)F)cc2)c2ccc(OS(=O)(=O)C(F)(F)F)cc2)cc1. The average molecular weight is 821 g/mol. The van der Waals surface area contributed by atoms with Crippen LogP contribution in [-0.4, -0.2) is 41.8 Å². The maximum Gasteiger partial charge on any atom is 0.534 e. The Morgan fingerprint density at radius 1 is 0.358 bits per heavy atom. The lowest BCUT2D eigenvalue weighted by Gasteiger charge is -2.33. The molecule has 0 unspecified atom stereocenters. The zero-order valence-electron chi connectivity index (χ0n) is 27.0. The summed E-state index contributed by atoms with van der Waals surface area (Å²) in [6, 6.07) is 20.0. The standard InChI is InChI=1S/C32H25F9O9S3/c1-28(2,21-8-14-25(15-9-21)48-51(42,43)30(33,34)35)20-4-6-22(7-5-20)29(3,23-10-16-26(17-11-23)49-52(44,45)31(36,37)38)24-12-18-27(19-13-24)50-53(46,47)32(39,40)41/h4-19H,1-3H3. The first kappa shape index (κ1) is 41.3. The maximum atomic E-state index is 12.9. The number of benzene rings is 4. The lowest BCUT2D eigenvalue weighted by Crippen LogP contribution is -2.28. The van der Waals surface area contributed by atoms with E-state index in [1.807, 2.05) is 0 Å². The molecule has 0 aliphatic heterocycles. The van der Waals surface area contributed by atoms with E-state index >= 15 is 0 Å². The molecule has 0 spiro atoms. The summed E-state index contributed by atoms with van der Waals surface area (Å²) in [7, 11) is -17.9. The van der Waals surface area contributed by atoms with Gasteiger partial charge in [-0.05, 0) is 71.1 Å². The molecule has 0 aromatic heterocycles. The Kier molecular flexibility index (Phi) is 10.7. The highest BCUT2D eigenvalue weighted by Gasteiger charge is 2.50. The molecular formula is C32H25F9O9S3. The van der Waals surface area contributed by atoms with Crippen molar-refractivity contribution in [2.24, 2.45) is 0 Å². The van der Waals surface area contributed by atoms with E-state index in [-0.39, 0.29) is 0 Å². The number of alkyl halides is 9. The van der Waals surface area contributed by atoms with Crippen molar-refractivity contribution >= 4 is 30.4 Å². The van der Waals surface area contributed by atoms with Crippen LogP contribution < -0.4 is 12.5 Å². The summed E-state index contributed by atoms with van der Waals surface area (Å²) in [4.78, 5) is 0. The molecule has 9 nitrogen and oxygen atoms in total. The average Bonchev–Trinajstić information content (AvgIpc) is 3.03. The Balaban J connectivity index is 1.74. The van der Waals surface area contributed by atoms with Crippen molar-refractivity contribution in [1.82, 2.24) is 0 Å². The Labute approximate surface area is 297 Å². The van der Waals surface area contributed by atoms with Crippen LogP contribution in [-0.2, 0) is 41.2 Å². The number of hydrogen-bond acceptors (Lipinski definition) is 9. The van der Waals surface area contributed by atoms with Gasteiger partial charge in [0.25, 0.3) is 0 Å². The van der Waals surface area contributed by atoms with E-state index < -0.39 is 75.0 Å². The third-order valence-corrected chi connectivity index (χ3v) is 11.0. The predicted molar refractivity (Wildman–Crippen MR) is 170 cm³/mol. The minimum Gasteiger partial charge on any atom is -0.376 e. The summed E-state index contributed by atoms with van der Waals surface area (Å²) in [5.41, 5.74) is -17.1. The van der Waals surface area contributed by atoms with Gasteiger partial charge in [-0.2, -0.15) is 64.8 Å². The molecule has 0 heterocycles. The van der Waals surface area contributed by atoms with Crippen LogP contribution in [0.15, 0.2) is 97.1 Å². The quantitative estimate of drug-likeness (QED) is 0.0639. The van der Waals surface area contributed by atoms with Gasteiger partial charge in [0.15, 0.2) is 0 Å². The van der Waals surface area contributed by atoms with E-state index in [0.717, 1.165) is 36.4 Å². The van der Waals surface area contributed by atoms with Gasteiger partial charge in [-0.15, -0.1) is 0 Å². The van der Waals surface area contributed by atoms with Crippen LogP contribution in [0, 0.1) is 0 Å². The van der Waals surface area contributed by atoms with Gasteiger partial charge >= 0.3 is 46.9 Å². The first-order valence-corrected chi connectivity index (χ1v) is 18.7. The number of hydrogen-bond donors (Lipinski definition) is 0. The van der Waals surface area contributed by atoms with Crippen LogP contribution in [0.2, 0.25) is 0 Å². The minimum absolute atomic E-state index is 0.294. The van der Waals surface area contributed by atoms with Crippen LogP contribution in [0.1, 0.15) is 48.6 Å². The van der Waals surface area contributed by atoms with Gasteiger partial charge in [0, 0.05) is 10.8 Å². The summed E-state index contributed by atoms with van der Waals surface area (Å²) in [6.07, 6.45) is 0. The summed E-state index contributed by atoms with van der Waals surface area (Å²) >= 11 is 0. The Hall–Kier alpha value is -4.50. The molecule has 4 aromatic carbocycles. The third kappa shape index (κ3) is 8.51. The van der Waals surface area contributed by atoms with Crippen molar-refractivity contribution in [3.05, 3.63) is 125 Å². The highest BCUT2D eigenvalue weighted by molar-refractivity contribution is 7.88.